The van der Waals surface area contributed by atoms with E-state index in [1.165, 1.54) is 25.3 Å². The first-order chi connectivity index (χ1) is 21.4. The van der Waals surface area contributed by atoms with E-state index in [1.54, 1.807) is 83.2 Å². The number of nitrogens with zero attached hydrogens (tertiary/aromatic N) is 2. The minimum atomic E-state index is -0.625. The molecule has 2 heterocycles. The van der Waals surface area contributed by atoms with Crippen molar-refractivity contribution in [2.45, 2.75) is 53.1 Å². The van der Waals surface area contributed by atoms with Gasteiger partial charge in [-0.05, 0) is 101 Å². The van der Waals surface area contributed by atoms with Crippen molar-refractivity contribution in [2.24, 2.45) is 0 Å². The van der Waals surface area contributed by atoms with E-state index in [9.17, 15) is 14.4 Å². The van der Waals surface area contributed by atoms with Crippen LogP contribution in [-0.2, 0) is 20.7 Å². The van der Waals surface area contributed by atoms with Gasteiger partial charge in [-0.3, -0.25) is 14.9 Å². The summed E-state index contributed by atoms with van der Waals surface area (Å²) < 4.78 is 31.4. The zero-order chi connectivity index (χ0) is 32.7. The highest BCUT2D eigenvalue weighted by Crippen LogP contribution is 2.27. The minimum Gasteiger partial charge on any atom is -0.461 e. The summed E-state index contributed by atoms with van der Waals surface area (Å²) in [6.07, 6.45) is 2.87. The molecule has 0 saturated carbocycles. The molecule has 0 radical (unpaired) electrons. The van der Waals surface area contributed by atoms with Gasteiger partial charge in [0.25, 0.3) is 11.8 Å². The summed E-state index contributed by atoms with van der Waals surface area (Å²) in [6.45, 7) is 8.91. The number of likely N-dealkylation sites (N-methyl/N-ethyl adjacent to an activating group) is 1. The standard InChI is InChI=1S/C34H35FN4O6/c1-7-22(29-17-8-20(2)43-29)19-26(31(41)36-6)28(40)16-10-21-9-15-25(27(35)18-21)30-38-32(45-39-30)23-11-13-24(14-12-23)37-33(42)44-34(3,4)5/h7-9,11-15,17-19H,10,16H2,1-6H3,(H,36,41)(H,37,42)/b22-7+,26-19+. The maximum atomic E-state index is 15.2. The number of Topliss-reactive ketones (excluding diaryl/α,β-unsaturated/α-hetero) is 1. The third-order valence-electron chi connectivity index (χ3n) is 6.53. The van der Waals surface area contributed by atoms with Crippen molar-refractivity contribution in [2.75, 3.05) is 12.4 Å². The number of halogens is 1. The molecule has 0 aliphatic carbocycles. The third kappa shape index (κ3) is 8.62. The van der Waals surface area contributed by atoms with Crippen LogP contribution >= 0.6 is 0 Å². The van der Waals surface area contributed by atoms with Gasteiger partial charge in [0.05, 0.1) is 11.1 Å². The number of aromatic nitrogens is 2. The Morgan fingerprint density at radius 2 is 1.78 bits per heavy atom. The van der Waals surface area contributed by atoms with E-state index >= 15 is 4.39 Å². The van der Waals surface area contributed by atoms with Crippen LogP contribution in [0.1, 0.15) is 51.2 Å². The molecule has 0 aliphatic heterocycles. The Labute approximate surface area is 260 Å². The lowest BCUT2D eigenvalue weighted by Crippen LogP contribution is -2.27. The van der Waals surface area contributed by atoms with Gasteiger partial charge in [-0.2, -0.15) is 4.98 Å². The van der Waals surface area contributed by atoms with Gasteiger partial charge in [0.15, 0.2) is 5.78 Å². The molecule has 0 aliphatic rings. The zero-order valence-electron chi connectivity index (χ0n) is 26.0. The summed E-state index contributed by atoms with van der Waals surface area (Å²) in [5.74, 6) is -0.0343. The van der Waals surface area contributed by atoms with E-state index in [2.05, 4.69) is 20.8 Å². The number of anilines is 1. The van der Waals surface area contributed by atoms with Gasteiger partial charge in [0, 0.05) is 30.3 Å². The molecule has 10 nitrogen and oxygen atoms in total. The normalized spacial score (nSPS) is 12.2. The fraction of sp³-hybridized carbons (Fsp3) is 0.265. The highest BCUT2D eigenvalue weighted by Gasteiger charge is 2.20. The molecule has 2 amide bonds. The molecule has 0 fully saturated rings. The maximum absolute atomic E-state index is 15.2. The first kappa shape index (κ1) is 32.6. The number of ether oxygens (including phenoxy) is 1. The second-order valence-corrected chi connectivity index (χ2v) is 11.2. The lowest BCUT2D eigenvalue weighted by atomic mass is 9.98. The number of amides is 2. The summed E-state index contributed by atoms with van der Waals surface area (Å²) in [7, 11) is 1.45. The Kier molecular flexibility index (Phi) is 10.1. The number of furan rings is 1. The summed E-state index contributed by atoms with van der Waals surface area (Å²) in [6, 6.07) is 14.7. The predicted molar refractivity (Wildman–Crippen MR) is 168 cm³/mol. The predicted octanol–water partition coefficient (Wildman–Crippen LogP) is 7.07. The lowest BCUT2D eigenvalue weighted by Gasteiger charge is -2.19. The summed E-state index contributed by atoms with van der Waals surface area (Å²) in [5, 5.41) is 9.07. The highest BCUT2D eigenvalue weighted by atomic mass is 19.1. The molecule has 0 spiro atoms. The molecule has 4 rings (SSSR count). The maximum Gasteiger partial charge on any atom is 0.412 e. The largest absolute Gasteiger partial charge is 0.461 e. The first-order valence-electron chi connectivity index (χ1n) is 14.3. The Morgan fingerprint density at radius 3 is 2.38 bits per heavy atom. The SMILES string of the molecule is C/C=C(\C=C(/C(=O)CCc1ccc(-c2noc(-c3ccc(NC(=O)OC(C)(C)C)cc3)n2)c(F)c1)C(=O)NC)c1ccc(C)o1. The van der Waals surface area contributed by atoms with Gasteiger partial charge in [-0.1, -0.05) is 17.3 Å². The van der Waals surface area contributed by atoms with Crippen molar-refractivity contribution in [1.82, 2.24) is 15.5 Å². The van der Waals surface area contributed by atoms with Crippen LogP contribution in [0.25, 0.3) is 28.4 Å². The fourth-order valence-electron chi connectivity index (χ4n) is 4.30. The van der Waals surface area contributed by atoms with Crippen LogP contribution in [0.2, 0.25) is 0 Å². The lowest BCUT2D eigenvalue weighted by molar-refractivity contribution is -0.122. The van der Waals surface area contributed by atoms with Crippen LogP contribution in [0.15, 0.2) is 81.3 Å². The number of nitrogens with one attached hydrogen (secondary N) is 2. The van der Waals surface area contributed by atoms with E-state index in [-0.39, 0.29) is 35.7 Å². The van der Waals surface area contributed by atoms with Crippen molar-refractivity contribution in [3.63, 3.8) is 0 Å². The molecule has 0 atom stereocenters. The highest BCUT2D eigenvalue weighted by molar-refractivity contribution is 6.20. The number of hydrogen-bond acceptors (Lipinski definition) is 8. The first-order valence-corrected chi connectivity index (χ1v) is 14.3. The van der Waals surface area contributed by atoms with Gasteiger partial charge in [-0.25, -0.2) is 9.18 Å². The van der Waals surface area contributed by atoms with Gasteiger partial charge in [0.2, 0.25) is 5.82 Å². The van der Waals surface area contributed by atoms with Gasteiger partial charge >= 0.3 is 6.09 Å². The summed E-state index contributed by atoms with van der Waals surface area (Å²) in [5.41, 5.74) is 1.72. The molecule has 234 valence electrons. The molecule has 45 heavy (non-hydrogen) atoms. The quantitative estimate of drug-likeness (QED) is 0.0838. The van der Waals surface area contributed by atoms with Gasteiger partial charge in [0.1, 0.15) is 22.9 Å². The zero-order valence-corrected chi connectivity index (χ0v) is 26.0. The molecule has 11 heteroatoms. The number of ketones is 1. The van der Waals surface area contributed by atoms with E-state index in [0.717, 1.165) is 0 Å². The van der Waals surface area contributed by atoms with Crippen LogP contribution < -0.4 is 10.6 Å². The van der Waals surface area contributed by atoms with Crippen molar-refractivity contribution in [3.8, 4) is 22.8 Å². The average Bonchev–Trinajstić information content (AvgIpc) is 3.65. The van der Waals surface area contributed by atoms with E-state index < -0.39 is 29.2 Å². The minimum absolute atomic E-state index is 0.0165. The number of carbonyl (C=O) groups excluding carboxylic acids is 3. The van der Waals surface area contributed by atoms with Crippen LogP contribution in [0.5, 0.6) is 0 Å². The van der Waals surface area contributed by atoms with Crippen molar-refractivity contribution < 1.29 is 32.5 Å². The molecule has 0 unspecified atom stereocenters. The third-order valence-corrected chi connectivity index (χ3v) is 6.53. The molecular weight excluding hydrogens is 579 g/mol. The number of benzene rings is 2. The van der Waals surface area contributed by atoms with Crippen LogP contribution in [0, 0.1) is 12.7 Å². The van der Waals surface area contributed by atoms with E-state index in [0.29, 0.717) is 33.9 Å². The fourth-order valence-corrected chi connectivity index (χ4v) is 4.30. The Morgan fingerprint density at radius 1 is 1.04 bits per heavy atom. The molecular formula is C34H35FN4O6. The Balaban J connectivity index is 1.43. The molecule has 2 aromatic heterocycles. The van der Waals surface area contributed by atoms with Crippen LogP contribution in [0.4, 0.5) is 14.9 Å². The Hall–Kier alpha value is -5.32. The molecule has 4 aromatic rings. The summed E-state index contributed by atoms with van der Waals surface area (Å²) >= 11 is 0. The second-order valence-electron chi connectivity index (χ2n) is 11.2. The van der Waals surface area contributed by atoms with Crippen LogP contribution in [-0.4, -0.2) is 40.6 Å². The number of aryl methyl sites for hydroxylation is 2. The van der Waals surface area contributed by atoms with Crippen molar-refractivity contribution in [1.29, 1.82) is 0 Å². The van der Waals surface area contributed by atoms with Gasteiger partial charge in [-0.15, -0.1) is 0 Å². The molecule has 2 N–H and O–H groups in total. The monoisotopic (exact) mass is 614 g/mol. The smallest absolute Gasteiger partial charge is 0.412 e. The van der Waals surface area contributed by atoms with Crippen molar-refractivity contribution in [3.05, 3.63) is 95.2 Å². The molecule has 0 bridgehead atoms. The molecule has 0 saturated heterocycles. The topological polar surface area (TPSA) is 137 Å². The second kappa shape index (κ2) is 14.0. The number of hydrogen-bond donors (Lipinski definition) is 2. The Bertz CT molecular complexity index is 1760. The number of allylic oxidation sites excluding steroid dienone is 3. The van der Waals surface area contributed by atoms with E-state index in [4.69, 9.17) is 13.7 Å². The van der Waals surface area contributed by atoms with Crippen molar-refractivity contribution >= 4 is 29.0 Å². The summed E-state index contributed by atoms with van der Waals surface area (Å²) in [4.78, 5) is 42.0. The van der Waals surface area contributed by atoms with E-state index in [1.807, 2.05) is 0 Å². The number of rotatable bonds is 10. The van der Waals surface area contributed by atoms with Crippen LogP contribution in [0.3, 0.4) is 0 Å². The van der Waals surface area contributed by atoms with Gasteiger partial charge < -0.3 is 19.0 Å². The molecule has 2 aromatic carbocycles. The average molecular weight is 615 g/mol. The number of carbonyl (C=O) groups is 3.